The van der Waals surface area contributed by atoms with Crippen molar-refractivity contribution < 1.29 is 9.26 Å². The largest absolute Gasteiger partial charge is 0.382 e. The van der Waals surface area contributed by atoms with E-state index in [1.54, 1.807) is 14.0 Å². The van der Waals surface area contributed by atoms with Gasteiger partial charge in [0.05, 0.1) is 15.3 Å². The fourth-order valence-electron chi connectivity index (χ4n) is 1.35. The van der Waals surface area contributed by atoms with Crippen molar-refractivity contribution in [3.8, 4) is 10.8 Å². The Hall–Kier alpha value is -0.760. The molecular weight excluding hydrogens is 306 g/mol. The van der Waals surface area contributed by atoms with Crippen LogP contribution in [0.4, 0.5) is 0 Å². The van der Waals surface area contributed by atoms with Gasteiger partial charge in [0.1, 0.15) is 5.54 Å². The standard InChI is InChI=1S/C10H12BrN3O2S/c1-10(12,5-15-2)9-13-8(16-14-9)6-3-4-7(11)17-6/h3-4H,5,12H2,1-2H3. The first-order valence-corrected chi connectivity index (χ1v) is 6.51. The molecule has 0 amide bonds. The molecular formula is C10H12BrN3O2S. The molecule has 2 aromatic heterocycles. The highest BCUT2D eigenvalue weighted by molar-refractivity contribution is 9.11. The van der Waals surface area contributed by atoms with Gasteiger partial charge in [-0.05, 0) is 35.0 Å². The van der Waals surface area contributed by atoms with E-state index in [0.717, 1.165) is 8.66 Å². The molecule has 92 valence electrons. The summed E-state index contributed by atoms with van der Waals surface area (Å²) in [5.74, 6) is 0.919. The van der Waals surface area contributed by atoms with Crippen LogP contribution in [0.2, 0.25) is 0 Å². The summed E-state index contributed by atoms with van der Waals surface area (Å²) in [7, 11) is 1.59. The van der Waals surface area contributed by atoms with E-state index < -0.39 is 5.54 Å². The Morgan fingerprint density at radius 3 is 2.94 bits per heavy atom. The second kappa shape index (κ2) is 4.85. The lowest BCUT2D eigenvalue weighted by Gasteiger charge is -2.18. The monoisotopic (exact) mass is 317 g/mol. The summed E-state index contributed by atoms with van der Waals surface area (Å²) in [5.41, 5.74) is 5.28. The Balaban J connectivity index is 2.27. The van der Waals surface area contributed by atoms with Crippen LogP contribution < -0.4 is 5.73 Å². The topological polar surface area (TPSA) is 74.2 Å². The second-order valence-electron chi connectivity index (χ2n) is 3.88. The van der Waals surface area contributed by atoms with Crippen LogP contribution in [0.15, 0.2) is 20.4 Å². The van der Waals surface area contributed by atoms with Crippen molar-refractivity contribution in [2.45, 2.75) is 12.5 Å². The van der Waals surface area contributed by atoms with E-state index in [4.69, 9.17) is 15.0 Å². The highest BCUT2D eigenvalue weighted by atomic mass is 79.9. The van der Waals surface area contributed by atoms with Crippen molar-refractivity contribution in [2.24, 2.45) is 5.73 Å². The maximum absolute atomic E-state index is 6.03. The van der Waals surface area contributed by atoms with Crippen LogP contribution in [0.25, 0.3) is 10.8 Å². The van der Waals surface area contributed by atoms with E-state index in [9.17, 15) is 0 Å². The minimum Gasteiger partial charge on any atom is -0.382 e. The second-order valence-corrected chi connectivity index (χ2v) is 6.34. The van der Waals surface area contributed by atoms with Gasteiger partial charge in [-0.1, -0.05) is 5.16 Å². The van der Waals surface area contributed by atoms with Crippen molar-refractivity contribution in [2.75, 3.05) is 13.7 Å². The number of nitrogens with two attached hydrogens (primary N) is 1. The molecule has 2 rings (SSSR count). The molecule has 0 saturated heterocycles. The Bertz CT molecular complexity index is 509. The number of thiophene rings is 1. The first kappa shape index (κ1) is 12.7. The maximum atomic E-state index is 6.03. The summed E-state index contributed by atoms with van der Waals surface area (Å²) in [5, 5.41) is 3.89. The molecule has 2 aromatic rings. The van der Waals surface area contributed by atoms with Crippen LogP contribution in [0.1, 0.15) is 12.7 Å². The predicted molar refractivity (Wildman–Crippen MR) is 68.7 cm³/mol. The first-order valence-electron chi connectivity index (χ1n) is 4.90. The molecule has 0 aliphatic rings. The SMILES string of the molecule is COCC(C)(N)c1noc(-c2ccc(Br)s2)n1. The first-order chi connectivity index (χ1) is 8.03. The Kier molecular flexibility index (Phi) is 3.62. The zero-order valence-corrected chi connectivity index (χ0v) is 11.8. The van der Waals surface area contributed by atoms with Crippen LogP contribution in [0.3, 0.4) is 0 Å². The average molecular weight is 318 g/mol. The Morgan fingerprint density at radius 1 is 1.59 bits per heavy atom. The molecule has 0 radical (unpaired) electrons. The van der Waals surface area contributed by atoms with Crippen molar-refractivity contribution in [1.82, 2.24) is 10.1 Å². The van der Waals surface area contributed by atoms with Crippen LogP contribution in [0, 0.1) is 0 Å². The molecule has 0 spiro atoms. The smallest absolute Gasteiger partial charge is 0.268 e. The molecule has 5 nitrogen and oxygen atoms in total. The fourth-order valence-corrected chi connectivity index (χ4v) is 2.66. The van der Waals surface area contributed by atoms with E-state index in [-0.39, 0.29) is 0 Å². The van der Waals surface area contributed by atoms with Gasteiger partial charge in [0.25, 0.3) is 5.89 Å². The molecule has 0 aliphatic heterocycles. The maximum Gasteiger partial charge on any atom is 0.268 e. The van der Waals surface area contributed by atoms with Gasteiger partial charge in [-0.3, -0.25) is 0 Å². The lowest BCUT2D eigenvalue weighted by molar-refractivity contribution is 0.135. The Morgan fingerprint density at radius 2 is 2.35 bits per heavy atom. The van der Waals surface area contributed by atoms with Crippen molar-refractivity contribution in [3.63, 3.8) is 0 Å². The highest BCUT2D eigenvalue weighted by Crippen LogP contribution is 2.30. The summed E-state index contributed by atoms with van der Waals surface area (Å²) >= 11 is 4.91. The summed E-state index contributed by atoms with van der Waals surface area (Å²) in [6, 6.07) is 3.84. The third kappa shape index (κ3) is 2.74. The summed E-state index contributed by atoms with van der Waals surface area (Å²) in [4.78, 5) is 5.20. The van der Waals surface area contributed by atoms with Crippen LogP contribution in [-0.2, 0) is 10.3 Å². The molecule has 1 atom stereocenters. The summed E-state index contributed by atoms with van der Waals surface area (Å²) in [6.07, 6.45) is 0. The van der Waals surface area contributed by atoms with Crippen molar-refractivity contribution >= 4 is 27.3 Å². The zero-order chi connectivity index (χ0) is 12.5. The molecule has 0 fully saturated rings. The van der Waals surface area contributed by atoms with Crippen LogP contribution in [0.5, 0.6) is 0 Å². The lowest BCUT2D eigenvalue weighted by Crippen LogP contribution is -2.38. The molecule has 7 heteroatoms. The number of rotatable bonds is 4. The molecule has 2 N–H and O–H groups in total. The quantitative estimate of drug-likeness (QED) is 0.937. The normalized spacial score (nSPS) is 14.8. The number of nitrogens with zero attached hydrogens (tertiary/aromatic N) is 2. The molecule has 17 heavy (non-hydrogen) atoms. The number of aromatic nitrogens is 2. The number of ether oxygens (including phenoxy) is 1. The highest BCUT2D eigenvalue weighted by Gasteiger charge is 2.28. The van der Waals surface area contributed by atoms with Crippen molar-refractivity contribution in [1.29, 1.82) is 0 Å². The van der Waals surface area contributed by atoms with Gasteiger partial charge in [-0.2, -0.15) is 4.98 Å². The molecule has 0 aromatic carbocycles. The number of halogens is 1. The van der Waals surface area contributed by atoms with Gasteiger partial charge >= 0.3 is 0 Å². The minimum absolute atomic E-state index is 0.333. The van der Waals surface area contributed by atoms with E-state index in [1.807, 2.05) is 12.1 Å². The molecule has 0 aliphatic carbocycles. The van der Waals surface area contributed by atoms with E-state index in [2.05, 4.69) is 26.1 Å². The van der Waals surface area contributed by atoms with Gasteiger partial charge in [-0.15, -0.1) is 11.3 Å². The summed E-state index contributed by atoms with van der Waals surface area (Å²) < 4.78 is 11.2. The minimum atomic E-state index is -0.745. The molecule has 1 unspecified atom stereocenters. The van der Waals surface area contributed by atoms with Gasteiger partial charge < -0.3 is 15.0 Å². The zero-order valence-electron chi connectivity index (χ0n) is 9.44. The van der Waals surface area contributed by atoms with E-state index in [0.29, 0.717) is 18.3 Å². The third-order valence-electron chi connectivity index (χ3n) is 2.17. The Labute approximate surface area is 111 Å². The number of hydrogen-bond acceptors (Lipinski definition) is 6. The van der Waals surface area contributed by atoms with Gasteiger partial charge in [-0.25, -0.2) is 0 Å². The van der Waals surface area contributed by atoms with Crippen molar-refractivity contribution in [3.05, 3.63) is 21.7 Å². The molecule has 0 bridgehead atoms. The van der Waals surface area contributed by atoms with Crippen LogP contribution in [-0.4, -0.2) is 23.9 Å². The summed E-state index contributed by atoms with van der Waals surface area (Å²) in [6.45, 7) is 2.13. The van der Waals surface area contributed by atoms with Gasteiger partial charge in [0, 0.05) is 7.11 Å². The predicted octanol–water partition coefficient (Wildman–Crippen LogP) is 2.38. The van der Waals surface area contributed by atoms with E-state index in [1.165, 1.54) is 11.3 Å². The van der Waals surface area contributed by atoms with Gasteiger partial charge in [0.15, 0.2) is 5.82 Å². The lowest BCUT2D eigenvalue weighted by atomic mass is 10.1. The van der Waals surface area contributed by atoms with Crippen LogP contribution >= 0.6 is 27.3 Å². The average Bonchev–Trinajstić information content (AvgIpc) is 2.85. The van der Waals surface area contributed by atoms with E-state index >= 15 is 0 Å². The molecule has 0 saturated carbocycles. The molecule has 2 heterocycles. The van der Waals surface area contributed by atoms with Gasteiger partial charge in [0.2, 0.25) is 0 Å². The fraction of sp³-hybridized carbons (Fsp3) is 0.400. The number of hydrogen-bond donors (Lipinski definition) is 1. The number of methoxy groups -OCH3 is 1. The third-order valence-corrected chi connectivity index (χ3v) is 3.78.